The minimum atomic E-state index is -2.92. The van der Waals surface area contributed by atoms with E-state index < -0.39 is 9.84 Å². The van der Waals surface area contributed by atoms with Crippen LogP contribution in [-0.4, -0.2) is 25.8 Å². The van der Waals surface area contributed by atoms with E-state index in [2.05, 4.69) is 5.32 Å². The highest BCUT2D eigenvalue weighted by atomic mass is 35.5. The SMILES string of the molecule is O=C(C[C@@H]1CCS(=O)(=O)C1)NC1(c2cccc(Cl)c2)CC1. The van der Waals surface area contributed by atoms with E-state index in [9.17, 15) is 13.2 Å². The molecule has 0 aromatic heterocycles. The second kappa shape index (κ2) is 5.29. The third kappa shape index (κ3) is 3.40. The fourth-order valence-corrected chi connectivity index (χ4v) is 5.06. The number of nitrogens with one attached hydrogen (secondary N) is 1. The Morgan fingerprint density at radius 1 is 1.38 bits per heavy atom. The van der Waals surface area contributed by atoms with Crippen LogP contribution in [0.15, 0.2) is 24.3 Å². The summed E-state index contributed by atoms with van der Waals surface area (Å²) in [6.07, 6.45) is 2.70. The van der Waals surface area contributed by atoms with Gasteiger partial charge in [0.1, 0.15) is 0 Å². The van der Waals surface area contributed by atoms with Crippen molar-refractivity contribution in [3.63, 3.8) is 0 Å². The summed E-state index contributed by atoms with van der Waals surface area (Å²) in [6, 6.07) is 7.55. The minimum Gasteiger partial charge on any atom is -0.347 e. The van der Waals surface area contributed by atoms with Crippen LogP contribution in [0, 0.1) is 5.92 Å². The van der Waals surface area contributed by atoms with Crippen LogP contribution >= 0.6 is 11.6 Å². The van der Waals surface area contributed by atoms with Crippen LogP contribution in [0.25, 0.3) is 0 Å². The summed E-state index contributed by atoms with van der Waals surface area (Å²) >= 11 is 6.00. The molecule has 1 heterocycles. The van der Waals surface area contributed by atoms with E-state index in [1.165, 1.54) is 0 Å². The van der Waals surface area contributed by atoms with Crippen LogP contribution < -0.4 is 5.32 Å². The number of sulfone groups is 1. The number of hydrogen-bond donors (Lipinski definition) is 1. The van der Waals surface area contributed by atoms with Crippen LogP contribution in [0.5, 0.6) is 0 Å². The Hall–Kier alpha value is -1.07. The Bertz CT molecular complexity index is 667. The van der Waals surface area contributed by atoms with Gasteiger partial charge in [0, 0.05) is 11.4 Å². The first-order chi connectivity index (χ1) is 9.89. The van der Waals surface area contributed by atoms with Gasteiger partial charge in [-0.1, -0.05) is 23.7 Å². The molecule has 4 nitrogen and oxygen atoms in total. The molecular weight excluding hydrogens is 310 g/mol. The quantitative estimate of drug-likeness (QED) is 0.922. The van der Waals surface area contributed by atoms with Crippen molar-refractivity contribution in [3.8, 4) is 0 Å². The molecule has 1 aliphatic carbocycles. The van der Waals surface area contributed by atoms with E-state index in [1.807, 2.05) is 24.3 Å². The van der Waals surface area contributed by atoms with Gasteiger partial charge in [0.15, 0.2) is 9.84 Å². The summed E-state index contributed by atoms with van der Waals surface area (Å²) in [5.41, 5.74) is 0.738. The highest BCUT2D eigenvalue weighted by Crippen LogP contribution is 2.46. The number of carbonyl (C=O) groups excluding carboxylic acids is 1. The van der Waals surface area contributed by atoms with E-state index in [0.717, 1.165) is 18.4 Å². The first-order valence-electron chi connectivity index (χ1n) is 7.16. The summed E-state index contributed by atoms with van der Waals surface area (Å²) in [6.45, 7) is 0. The predicted octanol–water partition coefficient (Wildman–Crippen LogP) is 2.27. The smallest absolute Gasteiger partial charge is 0.221 e. The molecule has 0 bridgehead atoms. The van der Waals surface area contributed by atoms with Gasteiger partial charge in [0.2, 0.25) is 5.91 Å². The molecule has 2 fully saturated rings. The zero-order valence-corrected chi connectivity index (χ0v) is 13.2. The maximum Gasteiger partial charge on any atom is 0.221 e. The van der Waals surface area contributed by atoms with Crippen molar-refractivity contribution >= 4 is 27.3 Å². The topological polar surface area (TPSA) is 63.2 Å². The number of rotatable bonds is 4. The molecule has 6 heteroatoms. The maximum atomic E-state index is 12.2. The molecular formula is C15H18ClNO3S. The molecule has 1 saturated heterocycles. The zero-order chi connectivity index (χ0) is 15.1. The normalized spacial score (nSPS) is 25.5. The van der Waals surface area contributed by atoms with E-state index in [0.29, 0.717) is 17.9 Å². The Kier molecular flexibility index (Phi) is 3.74. The van der Waals surface area contributed by atoms with Gasteiger partial charge in [-0.15, -0.1) is 0 Å². The van der Waals surface area contributed by atoms with E-state index in [1.54, 1.807) is 0 Å². The molecule has 1 aromatic rings. The molecule has 1 aliphatic heterocycles. The Balaban J connectivity index is 1.63. The molecule has 1 N–H and O–H groups in total. The van der Waals surface area contributed by atoms with Crippen molar-refractivity contribution < 1.29 is 13.2 Å². The lowest BCUT2D eigenvalue weighted by atomic mass is 10.0. The standard InChI is InChI=1S/C15H18ClNO3S/c16-13-3-1-2-12(9-13)15(5-6-15)17-14(18)8-11-4-7-21(19,20)10-11/h1-3,9,11H,4-8,10H2,(H,17,18)/t11-/m0/s1. The molecule has 1 saturated carbocycles. The Morgan fingerprint density at radius 3 is 2.71 bits per heavy atom. The third-order valence-electron chi connectivity index (χ3n) is 4.31. The Labute approximate surface area is 129 Å². The summed E-state index contributed by atoms with van der Waals surface area (Å²) in [5, 5.41) is 3.73. The minimum absolute atomic E-state index is 0.0369. The number of halogens is 1. The molecule has 3 rings (SSSR count). The maximum absolute atomic E-state index is 12.2. The highest BCUT2D eigenvalue weighted by molar-refractivity contribution is 7.91. The molecule has 1 aromatic carbocycles. The first kappa shape index (κ1) is 14.9. The molecule has 114 valence electrons. The molecule has 2 aliphatic rings. The lowest BCUT2D eigenvalue weighted by molar-refractivity contribution is -0.122. The van der Waals surface area contributed by atoms with Gasteiger partial charge in [-0.2, -0.15) is 0 Å². The third-order valence-corrected chi connectivity index (χ3v) is 6.38. The summed E-state index contributed by atoms with van der Waals surface area (Å²) in [4.78, 5) is 12.2. The van der Waals surface area contributed by atoms with E-state index >= 15 is 0 Å². The molecule has 21 heavy (non-hydrogen) atoms. The summed E-state index contributed by atoms with van der Waals surface area (Å²) in [5.74, 6) is 0.259. The van der Waals surface area contributed by atoms with Crippen LogP contribution in [0.1, 0.15) is 31.2 Å². The van der Waals surface area contributed by atoms with Gasteiger partial charge in [-0.05, 0) is 42.9 Å². The number of carbonyl (C=O) groups is 1. The van der Waals surface area contributed by atoms with Crippen molar-refractivity contribution in [2.24, 2.45) is 5.92 Å². The van der Waals surface area contributed by atoms with Crippen LogP contribution in [-0.2, 0) is 20.2 Å². The van der Waals surface area contributed by atoms with Gasteiger partial charge in [-0.25, -0.2) is 8.42 Å². The van der Waals surface area contributed by atoms with Gasteiger partial charge < -0.3 is 5.32 Å². The van der Waals surface area contributed by atoms with Gasteiger partial charge in [-0.3, -0.25) is 4.79 Å². The van der Waals surface area contributed by atoms with Gasteiger partial charge >= 0.3 is 0 Å². The molecule has 0 unspecified atom stereocenters. The molecule has 0 spiro atoms. The molecule has 0 radical (unpaired) electrons. The highest BCUT2D eigenvalue weighted by Gasteiger charge is 2.46. The van der Waals surface area contributed by atoms with Crippen molar-refractivity contribution in [1.29, 1.82) is 0 Å². The monoisotopic (exact) mass is 327 g/mol. The van der Waals surface area contributed by atoms with Crippen molar-refractivity contribution in [1.82, 2.24) is 5.32 Å². The van der Waals surface area contributed by atoms with Gasteiger partial charge in [0.05, 0.1) is 17.0 Å². The summed E-state index contributed by atoms with van der Waals surface area (Å²) in [7, 11) is -2.92. The predicted molar refractivity (Wildman–Crippen MR) is 81.9 cm³/mol. The Morgan fingerprint density at radius 2 is 2.14 bits per heavy atom. The average molecular weight is 328 g/mol. The first-order valence-corrected chi connectivity index (χ1v) is 9.36. The largest absolute Gasteiger partial charge is 0.347 e. The molecule has 1 amide bonds. The van der Waals surface area contributed by atoms with E-state index in [-0.39, 0.29) is 28.9 Å². The van der Waals surface area contributed by atoms with E-state index in [4.69, 9.17) is 11.6 Å². The fourth-order valence-electron chi connectivity index (χ4n) is 3.01. The number of hydrogen-bond acceptors (Lipinski definition) is 3. The van der Waals surface area contributed by atoms with Gasteiger partial charge in [0.25, 0.3) is 0 Å². The van der Waals surface area contributed by atoms with Crippen molar-refractivity contribution in [2.75, 3.05) is 11.5 Å². The summed E-state index contributed by atoms with van der Waals surface area (Å²) < 4.78 is 22.9. The van der Waals surface area contributed by atoms with Crippen molar-refractivity contribution in [3.05, 3.63) is 34.9 Å². The fraction of sp³-hybridized carbons (Fsp3) is 0.533. The average Bonchev–Trinajstić information content (AvgIpc) is 3.09. The number of amides is 1. The van der Waals surface area contributed by atoms with Crippen molar-refractivity contribution in [2.45, 2.75) is 31.2 Å². The lowest BCUT2D eigenvalue weighted by Crippen LogP contribution is -2.36. The second-order valence-electron chi connectivity index (χ2n) is 6.11. The lowest BCUT2D eigenvalue weighted by Gasteiger charge is -2.19. The van der Waals surface area contributed by atoms with Crippen LogP contribution in [0.4, 0.5) is 0 Å². The zero-order valence-electron chi connectivity index (χ0n) is 11.6. The second-order valence-corrected chi connectivity index (χ2v) is 8.78. The number of benzene rings is 1. The van der Waals surface area contributed by atoms with Crippen LogP contribution in [0.3, 0.4) is 0 Å². The molecule has 1 atom stereocenters. The van der Waals surface area contributed by atoms with Crippen LogP contribution in [0.2, 0.25) is 5.02 Å².